The lowest BCUT2D eigenvalue weighted by atomic mass is 10.5. The molecular formula is C9H17N5O. The topological polar surface area (TPSA) is 71.3 Å². The maximum Gasteiger partial charge on any atom is 0.238 e. The Morgan fingerprint density at radius 2 is 2.27 bits per heavy atom. The first kappa shape index (κ1) is 13.2. The molecule has 1 amide bonds. The Balaban J connectivity index is 0.000000921. The molecule has 0 atom stereocenters. The van der Waals surface area contributed by atoms with Gasteiger partial charge in [0, 0.05) is 18.9 Å². The number of carbonyl (C=O) groups is 1. The second-order valence-electron chi connectivity index (χ2n) is 2.32. The number of hydrogen-bond acceptors (Lipinski definition) is 3. The molecule has 15 heavy (non-hydrogen) atoms. The van der Waals surface area contributed by atoms with Crippen LogP contribution in [0.15, 0.2) is 17.3 Å². The van der Waals surface area contributed by atoms with E-state index in [1.165, 1.54) is 0 Å². The summed E-state index contributed by atoms with van der Waals surface area (Å²) in [5.74, 6) is 0.467. The first-order valence-electron chi connectivity index (χ1n) is 4.72. The average molecular weight is 211 g/mol. The number of nitrogens with zero attached hydrogens (tertiary/aromatic N) is 3. The minimum Gasteiger partial charge on any atom is -0.277 e. The number of nitrogens with one attached hydrogen (secondary N) is 2. The van der Waals surface area contributed by atoms with Crippen LogP contribution in [0.1, 0.15) is 19.5 Å². The lowest BCUT2D eigenvalue weighted by Crippen LogP contribution is -2.41. The summed E-state index contributed by atoms with van der Waals surface area (Å²) in [7, 11) is 1.61. The Kier molecular flexibility index (Phi) is 6.61. The van der Waals surface area contributed by atoms with Crippen molar-refractivity contribution in [2.24, 2.45) is 4.99 Å². The highest BCUT2D eigenvalue weighted by Gasteiger charge is 2.02. The molecule has 84 valence electrons. The average Bonchev–Trinajstić information content (AvgIpc) is 2.69. The molecule has 0 aliphatic heterocycles. The molecular weight excluding hydrogens is 194 g/mol. The Bertz CT molecular complexity index is 318. The molecule has 0 aliphatic rings. The van der Waals surface area contributed by atoms with Crippen LogP contribution in [0.3, 0.4) is 0 Å². The van der Waals surface area contributed by atoms with Crippen LogP contribution >= 0.6 is 0 Å². The van der Waals surface area contributed by atoms with E-state index in [0.717, 1.165) is 5.69 Å². The summed E-state index contributed by atoms with van der Waals surface area (Å²) in [5.41, 5.74) is 5.82. The Morgan fingerprint density at radius 3 is 2.67 bits per heavy atom. The fourth-order valence-electron chi connectivity index (χ4n) is 0.889. The monoisotopic (exact) mass is 211 g/mol. The summed E-state index contributed by atoms with van der Waals surface area (Å²) in [4.78, 5) is 13.9. The molecule has 2 N–H and O–H groups in total. The smallest absolute Gasteiger partial charge is 0.238 e. The van der Waals surface area contributed by atoms with Crippen molar-refractivity contribution in [3.63, 3.8) is 0 Å². The minimum atomic E-state index is 0.467. The predicted molar refractivity (Wildman–Crippen MR) is 59.4 cm³/mol. The van der Waals surface area contributed by atoms with Gasteiger partial charge in [0.15, 0.2) is 0 Å². The second kappa shape index (κ2) is 7.54. The molecule has 0 saturated heterocycles. The van der Waals surface area contributed by atoms with Gasteiger partial charge in [-0.15, -0.1) is 0 Å². The van der Waals surface area contributed by atoms with Crippen molar-refractivity contribution in [2.75, 3.05) is 7.05 Å². The Labute approximate surface area is 89.4 Å². The highest BCUT2D eigenvalue weighted by molar-refractivity contribution is 5.82. The molecule has 6 nitrogen and oxygen atoms in total. The summed E-state index contributed by atoms with van der Waals surface area (Å²) in [6, 6.07) is 1.84. The van der Waals surface area contributed by atoms with Crippen LogP contribution in [0.2, 0.25) is 0 Å². The molecule has 0 unspecified atom stereocenters. The van der Waals surface area contributed by atoms with Gasteiger partial charge in [-0.05, 0) is 13.0 Å². The molecule has 1 rings (SSSR count). The van der Waals surface area contributed by atoms with Gasteiger partial charge in [-0.1, -0.05) is 13.8 Å². The maximum atomic E-state index is 10.0. The van der Waals surface area contributed by atoms with Crippen molar-refractivity contribution < 1.29 is 4.79 Å². The number of hydrogen-bond donors (Lipinski definition) is 2. The van der Waals surface area contributed by atoms with E-state index < -0.39 is 0 Å². The summed E-state index contributed by atoms with van der Waals surface area (Å²) >= 11 is 0. The van der Waals surface area contributed by atoms with Crippen molar-refractivity contribution in [1.82, 2.24) is 20.6 Å². The van der Waals surface area contributed by atoms with Crippen molar-refractivity contribution >= 4 is 12.4 Å². The number of aryl methyl sites for hydroxylation is 1. The van der Waals surface area contributed by atoms with Crippen LogP contribution in [-0.2, 0) is 4.79 Å². The third-order valence-electron chi connectivity index (χ3n) is 1.49. The van der Waals surface area contributed by atoms with Crippen LogP contribution < -0.4 is 10.9 Å². The standard InChI is InChI=1S/C7H11N5O.C2H6/c1-6-3-4-10-12(6)7(8-2)11-9-5-13;1-2/h3-5H,1-2H3,(H,8,11)(H,9,13);1-2H3. The summed E-state index contributed by atoms with van der Waals surface area (Å²) < 4.78 is 1.58. The van der Waals surface area contributed by atoms with Gasteiger partial charge >= 0.3 is 0 Å². The number of carbonyl (C=O) groups excluding carboxylic acids is 1. The zero-order valence-corrected chi connectivity index (χ0v) is 9.48. The molecule has 1 aromatic rings. The van der Waals surface area contributed by atoms with Gasteiger partial charge in [-0.2, -0.15) is 5.10 Å². The number of aromatic nitrogens is 2. The van der Waals surface area contributed by atoms with Crippen LogP contribution in [0.25, 0.3) is 0 Å². The van der Waals surface area contributed by atoms with E-state index in [0.29, 0.717) is 12.4 Å². The number of rotatable bonds is 2. The quantitative estimate of drug-likeness (QED) is 0.320. The van der Waals surface area contributed by atoms with Crippen molar-refractivity contribution in [3.05, 3.63) is 18.0 Å². The van der Waals surface area contributed by atoms with Crippen LogP contribution in [0.5, 0.6) is 0 Å². The third kappa shape index (κ3) is 3.80. The zero-order valence-electron chi connectivity index (χ0n) is 9.48. The lowest BCUT2D eigenvalue weighted by molar-refractivity contribution is -0.110. The van der Waals surface area contributed by atoms with Gasteiger partial charge in [0.25, 0.3) is 0 Å². The highest BCUT2D eigenvalue weighted by atomic mass is 16.1. The second-order valence-corrected chi connectivity index (χ2v) is 2.32. The van der Waals surface area contributed by atoms with E-state index in [1.54, 1.807) is 17.9 Å². The first-order valence-corrected chi connectivity index (χ1v) is 4.72. The van der Waals surface area contributed by atoms with E-state index >= 15 is 0 Å². The largest absolute Gasteiger partial charge is 0.277 e. The molecule has 0 aliphatic carbocycles. The number of amides is 1. The lowest BCUT2D eigenvalue weighted by Gasteiger charge is -2.08. The fraction of sp³-hybridized carbons (Fsp3) is 0.444. The number of aliphatic imine (C=N–C) groups is 1. The molecule has 6 heteroatoms. The van der Waals surface area contributed by atoms with E-state index in [2.05, 4.69) is 20.9 Å². The van der Waals surface area contributed by atoms with Gasteiger partial charge in [-0.3, -0.25) is 20.6 Å². The number of hydrazine groups is 1. The minimum absolute atomic E-state index is 0.467. The first-order chi connectivity index (χ1) is 7.29. The van der Waals surface area contributed by atoms with E-state index in [-0.39, 0.29) is 0 Å². The van der Waals surface area contributed by atoms with Crippen molar-refractivity contribution in [2.45, 2.75) is 20.8 Å². The zero-order chi connectivity index (χ0) is 11.7. The van der Waals surface area contributed by atoms with E-state index in [9.17, 15) is 4.79 Å². The summed E-state index contributed by atoms with van der Waals surface area (Å²) in [6.07, 6.45) is 2.19. The predicted octanol–water partition coefficient (Wildman–Crippen LogP) is 0.302. The van der Waals surface area contributed by atoms with E-state index in [1.807, 2.05) is 26.8 Å². The molecule has 1 aromatic heterocycles. The van der Waals surface area contributed by atoms with Gasteiger partial charge in [-0.25, -0.2) is 4.68 Å². The van der Waals surface area contributed by atoms with Gasteiger partial charge in [0.2, 0.25) is 12.4 Å². The molecule has 1 heterocycles. The van der Waals surface area contributed by atoms with E-state index in [4.69, 9.17) is 0 Å². The fourth-order valence-corrected chi connectivity index (χ4v) is 0.889. The highest BCUT2D eigenvalue weighted by Crippen LogP contribution is 1.93. The Hall–Kier alpha value is -1.85. The van der Waals surface area contributed by atoms with Gasteiger partial charge < -0.3 is 0 Å². The van der Waals surface area contributed by atoms with Crippen LogP contribution in [0.4, 0.5) is 0 Å². The van der Waals surface area contributed by atoms with Crippen molar-refractivity contribution in [3.8, 4) is 0 Å². The molecule has 0 spiro atoms. The van der Waals surface area contributed by atoms with Crippen LogP contribution in [0, 0.1) is 6.92 Å². The molecule has 0 fully saturated rings. The van der Waals surface area contributed by atoms with Gasteiger partial charge in [0.1, 0.15) is 0 Å². The maximum absolute atomic E-state index is 10.0. The SMILES string of the molecule is CC.CN=C(NNC=O)n1nccc1C. The third-order valence-corrected chi connectivity index (χ3v) is 1.49. The normalized spacial score (nSPS) is 10.0. The van der Waals surface area contributed by atoms with Gasteiger partial charge in [0.05, 0.1) is 0 Å². The summed E-state index contributed by atoms with van der Waals surface area (Å²) in [6.45, 7) is 5.89. The van der Waals surface area contributed by atoms with Crippen molar-refractivity contribution in [1.29, 1.82) is 0 Å². The molecule has 0 radical (unpaired) electrons. The van der Waals surface area contributed by atoms with Crippen LogP contribution in [-0.4, -0.2) is 29.2 Å². The Morgan fingerprint density at radius 1 is 1.60 bits per heavy atom. The molecule has 0 saturated carbocycles. The summed E-state index contributed by atoms with van der Waals surface area (Å²) in [5, 5.41) is 4.01. The molecule has 0 bridgehead atoms. The molecule has 0 aromatic carbocycles.